The van der Waals surface area contributed by atoms with Crippen LogP contribution < -0.4 is 0 Å². The number of aromatic nitrogens is 1. The van der Waals surface area contributed by atoms with E-state index in [9.17, 15) is 4.79 Å². The summed E-state index contributed by atoms with van der Waals surface area (Å²) in [6, 6.07) is 13.7. The molecule has 4 nitrogen and oxygen atoms in total. The molecule has 3 aromatic rings. The van der Waals surface area contributed by atoms with Gasteiger partial charge in [0.1, 0.15) is 0 Å². The molecular formula is C23H22Cl2N2O2. The number of hydrogen-bond donors (Lipinski definition) is 0. The lowest BCUT2D eigenvalue weighted by atomic mass is 9.99. The fourth-order valence-corrected chi connectivity index (χ4v) is 4.45. The molecule has 0 bridgehead atoms. The van der Waals surface area contributed by atoms with E-state index in [2.05, 4.69) is 24.0 Å². The normalized spacial score (nSPS) is 16.4. The average molecular weight is 429 g/mol. The second-order valence-corrected chi connectivity index (χ2v) is 8.19. The van der Waals surface area contributed by atoms with Gasteiger partial charge in [0.15, 0.2) is 11.7 Å². The number of amides is 1. The zero-order valence-electron chi connectivity index (χ0n) is 16.2. The summed E-state index contributed by atoms with van der Waals surface area (Å²) in [6.45, 7) is 2.90. The number of rotatable bonds is 5. The number of carbonyl (C=O) groups excluding carboxylic acids is 1. The minimum atomic E-state index is 0.139. The van der Waals surface area contributed by atoms with E-state index in [1.54, 1.807) is 24.4 Å². The summed E-state index contributed by atoms with van der Waals surface area (Å²) in [5.41, 5.74) is 3.21. The van der Waals surface area contributed by atoms with Gasteiger partial charge in [-0.2, -0.15) is 0 Å². The monoisotopic (exact) mass is 428 g/mol. The molecule has 2 heterocycles. The Labute approximate surface area is 180 Å². The van der Waals surface area contributed by atoms with Gasteiger partial charge in [-0.15, -0.1) is 0 Å². The van der Waals surface area contributed by atoms with Gasteiger partial charge >= 0.3 is 0 Å². The van der Waals surface area contributed by atoms with Crippen LogP contribution in [-0.2, 0) is 11.2 Å². The largest absolute Gasteiger partial charge is 0.441 e. The number of nitrogens with zero attached hydrogens (tertiary/aromatic N) is 2. The first-order valence-electron chi connectivity index (χ1n) is 9.78. The van der Waals surface area contributed by atoms with E-state index < -0.39 is 0 Å². The zero-order valence-corrected chi connectivity index (χ0v) is 17.7. The van der Waals surface area contributed by atoms with Crippen LogP contribution in [0.2, 0.25) is 10.0 Å². The van der Waals surface area contributed by atoms with Gasteiger partial charge in [0.05, 0.1) is 17.3 Å². The number of likely N-dealkylation sites (tertiary alicyclic amines) is 1. The first-order chi connectivity index (χ1) is 14.0. The third-order valence-electron chi connectivity index (χ3n) is 5.42. The number of hydrogen-bond acceptors (Lipinski definition) is 3. The number of halogens is 2. The molecule has 4 rings (SSSR count). The molecule has 0 aliphatic carbocycles. The van der Waals surface area contributed by atoms with E-state index in [4.69, 9.17) is 27.6 Å². The summed E-state index contributed by atoms with van der Waals surface area (Å²) in [6.07, 6.45) is 4.51. The SMILES string of the molecule is Cc1ccccc1C1CCCN1C(=O)CCc1ncc(-c2ccc(Cl)cc2Cl)o1. The molecule has 150 valence electrons. The minimum Gasteiger partial charge on any atom is -0.441 e. The van der Waals surface area contributed by atoms with Gasteiger partial charge in [-0.1, -0.05) is 47.5 Å². The molecule has 2 aromatic carbocycles. The van der Waals surface area contributed by atoms with Gasteiger partial charge in [0.25, 0.3) is 0 Å². The van der Waals surface area contributed by atoms with E-state index in [1.165, 1.54) is 11.1 Å². The third-order valence-corrected chi connectivity index (χ3v) is 5.97. The molecule has 1 aliphatic heterocycles. The van der Waals surface area contributed by atoms with Crippen LogP contribution in [0.25, 0.3) is 11.3 Å². The Bertz CT molecular complexity index is 1030. The standard InChI is InChI=1S/C23H22Cl2N2O2/c1-15-5-2-3-6-17(15)20-7-4-12-27(20)23(28)11-10-22-26-14-21(29-22)18-9-8-16(24)13-19(18)25/h2-3,5-6,8-9,13-14,20H,4,7,10-12H2,1H3. The second kappa shape index (κ2) is 8.60. The van der Waals surface area contributed by atoms with Crippen molar-refractivity contribution < 1.29 is 9.21 Å². The molecule has 1 unspecified atom stereocenters. The van der Waals surface area contributed by atoms with Crippen molar-refractivity contribution in [3.05, 3.63) is 75.7 Å². The molecule has 1 saturated heterocycles. The van der Waals surface area contributed by atoms with E-state index in [-0.39, 0.29) is 11.9 Å². The topological polar surface area (TPSA) is 46.3 Å². The Morgan fingerprint density at radius 3 is 2.86 bits per heavy atom. The highest BCUT2D eigenvalue weighted by molar-refractivity contribution is 6.36. The van der Waals surface area contributed by atoms with Gasteiger partial charge < -0.3 is 9.32 Å². The first-order valence-corrected chi connectivity index (χ1v) is 10.5. The van der Waals surface area contributed by atoms with Gasteiger partial charge in [-0.3, -0.25) is 4.79 Å². The number of benzene rings is 2. The lowest BCUT2D eigenvalue weighted by Gasteiger charge is -2.26. The van der Waals surface area contributed by atoms with Gasteiger partial charge in [0.2, 0.25) is 5.91 Å². The van der Waals surface area contributed by atoms with E-state index >= 15 is 0 Å². The van der Waals surface area contributed by atoms with Crippen LogP contribution in [0.5, 0.6) is 0 Å². The summed E-state index contributed by atoms with van der Waals surface area (Å²) in [5, 5.41) is 1.08. The smallest absolute Gasteiger partial charge is 0.223 e. The maximum absolute atomic E-state index is 12.9. The maximum Gasteiger partial charge on any atom is 0.223 e. The van der Waals surface area contributed by atoms with Crippen molar-refractivity contribution in [1.29, 1.82) is 0 Å². The van der Waals surface area contributed by atoms with Gasteiger partial charge in [-0.25, -0.2) is 4.98 Å². The van der Waals surface area contributed by atoms with E-state index in [1.807, 2.05) is 17.0 Å². The van der Waals surface area contributed by atoms with Crippen LogP contribution in [-0.4, -0.2) is 22.3 Å². The van der Waals surface area contributed by atoms with Crippen LogP contribution in [0, 0.1) is 6.92 Å². The zero-order chi connectivity index (χ0) is 20.4. The number of oxazole rings is 1. The van der Waals surface area contributed by atoms with Crippen molar-refractivity contribution in [2.24, 2.45) is 0 Å². The second-order valence-electron chi connectivity index (χ2n) is 7.34. The highest BCUT2D eigenvalue weighted by atomic mass is 35.5. The lowest BCUT2D eigenvalue weighted by Crippen LogP contribution is -2.31. The number of carbonyl (C=O) groups is 1. The van der Waals surface area contributed by atoms with Crippen molar-refractivity contribution >= 4 is 29.1 Å². The molecule has 1 fully saturated rings. The maximum atomic E-state index is 12.9. The quantitative estimate of drug-likeness (QED) is 0.481. The molecule has 0 spiro atoms. The Morgan fingerprint density at radius 2 is 2.07 bits per heavy atom. The predicted molar refractivity (Wildman–Crippen MR) is 115 cm³/mol. The summed E-state index contributed by atoms with van der Waals surface area (Å²) >= 11 is 12.2. The molecule has 0 N–H and O–H groups in total. The van der Waals surface area contributed by atoms with Gasteiger partial charge in [0, 0.05) is 30.0 Å². The third kappa shape index (κ3) is 4.34. The highest BCUT2D eigenvalue weighted by Gasteiger charge is 2.30. The average Bonchev–Trinajstić information content (AvgIpc) is 3.36. The molecular weight excluding hydrogens is 407 g/mol. The van der Waals surface area contributed by atoms with Crippen LogP contribution in [0.15, 0.2) is 53.1 Å². The van der Waals surface area contributed by atoms with E-state index in [0.29, 0.717) is 34.5 Å². The highest BCUT2D eigenvalue weighted by Crippen LogP contribution is 2.34. The Hall–Kier alpha value is -2.30. The lowest BCUT2D eigenvalue weighted by molar-refractivity contribution is -0.132. The molecule has 0 radical (unpaired) electrons. The molecule has 1 aromatic heterocycles. The van der Waals surface area contributed by atoms with Crippen molar-refractivity contribution in [2.45, 2.75) is 38.6 Å². The Kier molecular flexibility index (Phi) is 5.93. The van der Waals surface area contributed by atoms with Crippen LogP contribution >= 0.6 is 23.2 Å². The van der Waals surface area contributed by atoms with Crippen molar-refractivity contribution in [3.8, 4) is 11.3 Å². The summed E-state index contributed by atoms with van der Waals surface area (Å²) in [5.74, 6) is 1.25. The van der Waals surface area contributed by atoms with Crippen LogP contribution in [0.4, 0.5) is 0 Å². The fraction of sp³-hybridized carbons (Fsp3) is 0.304. The number of aryl methyl sites for hydroxylation is 2. The van der Waals surface area contributed by atoms with Crippen LogP contribution in [0.3, 0.4) is 0 Å². The summed E-state index contributed by atoms with van der Waals surface area (Å²) in [4.78, 5) is 19.2. The van der Waals surface area contributed by atoms with Crippen molar-refractivity contribution in [2.75, 3.05) is 6.54 Å². The summed E-state index contributed by atoms with van der Waals surface area (Å²) < 4.78 is 5.82. The predicted octanol–water partition coefficient (Wildman–Crippen LogP) is 6.25. The Balaban J connectivity index is 1.42. The van der Waals surface area contributed by atoms with E-state index in [0.717, 1.165) is 24.9 Å². The summed E-state index contributed by atoms with van der Waals surface area (Å²) in [7, 11) is 0. The van der Waals surface area contributed by atoms with Crippen molar-refractivity contribution in [1.82, 2.24) is 9.88 Å². The minimum absolute atomic E-state index is 0.139. The molecule has 1 aliphatic rings. The molecule has 1 amide bonds. The molecule has 0 saturated carbocycles. The molecule has 6 heteroatoms. The van der Waals surface area contributed by atoms with Gasteiger partial charge in [-0.05, 0) is 49.1 Å². The molecule has 29 heavy (non-hydrogen) atoms. The van der Waals surface area contributed by atoms with Crippen LogP contribution in [0.1, 0.15) is 42.3 Å². The first kappa shape index (κ1) is 20.0. The molecule has 1 atom stereocenters. The Morgan fingerprint density at radius 1 is 1.24 bits per heavy atom. The fourth-order valence-electron chi connectivity index (χ4n) is 3.95. The van der Waals surface area contributed by atoms with Crippen molar-refractivity contribution in [3.63, 3.8) is 0 Å².